The number of pyridine rings is 1. The minimum Gasteiger partial charge on any atom is -0.291 e. The van der Waals surface area contributed by atoms with Crippen molar-refractivity contribution in [1.29, 1.82) is 0 Å². The van der Waals surface area contributed by atoms with Gasteiger partial charge in [0.25, 0.3) is 5.56 Å². The number of nitrogens with one attached hydrogen (secondary N) is 1. The van der Waals surface area contributed by atoms with Crippen LogP contribution in [0.25, 0.3) is 11.0 Å². The van der Waals surface area contributed by atoms with Gasteiger partial charge in [-0.15, -0.1) is 0 Å². The van der Waals surface area contributed by atoms with Gasteiger partial charge in [-0.2, -0.15) is 25.3 Å². The van der Waals surface area contributed by atoms with Crippen LogP contribution in [0.4, 0.5) is 0 Å². The summed E-state index contributed by atoms with van der Waals surface area (Å²) in [6.45, 7) is 2.01. The fourth-order valence-electron chi connectivity index (χ4n) is 1.62. The molecule has 2 heterocycles. The van der Waals surface area contributed by atoms with Gasteiger partial charge in [0.15, 0.2) is 0 Å². The molecule has 1 N–H and O–H groups in total. The van der Waals surface area contributed by atoms with Gasteiger partial charge in [-0.25, -0.2) is 9.78 Å². The van der Waals surface area contributed by atoms with Gasteiger partial charge < -0.3 is 0 Å². The highest BCUT2D eigenvalue weighted by Crippen LogP contribution is 2.16. The molecule has 18 heavy (non-hydrogen) atoms. The third-order valence-electron chi connectivity index (χ3n) is 2.59. The van der Waals surface area contributed by atoms with Crippen molar-refractivity contribution in [2.24, 2.45) is 0 Å². The topological polar surface area (TPSA) is 67.8 Å². The van der Waals surface area contributed by atoms with Crippen molar-refractivity contribution in [2.45, 2.75) is 18.2 Å². The quantitative estimate of drug-likeness (QED) is 0.727. The molecule has 1 atom stereocenters. The molecule has 0 bridgehead atoms. The molecular formula is C11H13N3O2S2. The van der Waals surface area contributed by atoms with Gasteiger partial charge in [0.2, 0.25) is 0 Å². The van der Waals surface area contributed by atoms with Gasteiger partial charge in [0.05, 0.1) is 5.39 Å². The molecule has 0 saturated heterocycles. The van der Waals surface area contributed by atoms with Crippen LogP contribution < -0.4 is 11.2 Å². The van der Waals surface area contributed by atoms with Crippen LogP contribution in [-0.2, 0) is 6.54 Å². The monoisotopic (exact) mass is 283 g/mol. The van der Waals surface area contributed by atoms with Gasteiger partial charge >= 0.3 is 5.69 Å². The maximum Gasteiger partial charge on any atom is 0.330 e. The summed E-state index contributed by atoms with van der Waals surface area (Å²) in [5.74, 6) is 0.451. The standard InChI is InChI=1S/C11H13N3O2S2/c1-11(18,6-17)5-14-9(15)7-3-2-4-12-8(7)13-10(14)16/h2-4,17-18H,5-6H2,1H3,(H,12,13,16). The zero-order valence-corrected chi connectivity index (χ0v) is 11.5. The van der Waals surface area contributed by atoms with E-state index in [-0.39, 0.29) is 12.1 Å². The van der Waals surface area contributed by atoms with Gasteiger partial charge in [0.1, 0.15) is 5.65 Å². The number of nitrogens with zero attached hydrogens (tertiary/aromatic N) is 2. The third-order valence-corrected chi connectivity index (χ3v) is 3.84. The molecule has 2 aromatic heterocycles. The zero-order valence-electron chi connectivity index (χ0n) is 9.75. The maximum atomic E-state index is 12.2. The predicted octanol–water partition coefficient (Wildman–Crippen LogP) is 0.703. The molecule has 0 amide bonds. The van der Waals surface area contributed by atoms with Crippen molar-refractivity contribution < 1.29 is 0 Å². The molecule has 1 unspecified atom stereocenters. The summed E-state index contributed by atoms with van der Waals surface area (Å²) in [6, 6.07) is 3.29. The Bertz CT molecular complexity index is 690. The van der Waals surface area contributed by atoms with Gasteiger partial charge in [-0.3, -0.25) is 14.3 Å². The van der Waals surface area contributed by atoms with Crippen LogP contribution in [0.1, 0.15) is 6.92 Å². The molecule has 0 aliphatic heterocycles. The minimum absolute atomic E-state index is 0.193. The largest absolute Gasteiger partial charge is 0.330 e. The lowest BCUT2D eigenvalue weighted by molar-refractivity contribution is 0.544. The Hall–Kier alpha value is -1.21. The first-order valence-corrected chi connectivity index (χ1v) is 6.44. The Balaban J connectivity index is 2.66. The summed E-state index contributed by atoms with van der Waals surface area (Å²) in [7, 11) is 0. The van der Waals surface area contributed by atoms with E-state index in [0.717, 1.165) is 4.57 Å². The van der Waals surface area contributed by atoms with Crippen LogP contribution in [0.5, 0.6) is 0 Å². The van der Waals surface area contributed by atoms with Crippen LogP contribution in [0.3, 0.4) is 0 Å². The van der Waals surface area contributed by atoms with Gasteiger partial charge in [-0.05, 0) is 19.1 Å². The van der Waals surface area contributed by atoms with Gasteiger partial charge in [0, 0.05) is 23.2 Å². The third kappa shape index (κ3) is 2.46. The molecule has 0 radical (unpaired) electrons. The first-order valence-electron chi connectivity index (χ1n) is 5.36. The van der Waals surface area contributed by atoms with E-state index in [4.69, 9.17) is 0 Å². The number of aromatic amines is 1. The maximum absolute atomic E-state index is 12.2. The molecule has 0 spiro atoms. The lowest BCUT2D eigenvalue weighted by atomic mass is 10.2. The smallest absolute Gasteiger partial charge is 0.291 e. The average Bonchev–Trinajstić information content (AvgIpc) is 2.34. The van der Waals surface area contributed by atoms with E-state index in [9.17, 15) is 9.59 Å². The summed E-state index contributed by atoms with van der Waals surface area (Å²) < 4.78 is 0.600. The second-order valence-corrected chi connectivity index (χ2v) is 5.77. The summed E-state index contributed by atoms with van der Waals surface area (Å²) in [6.07, 6.45) is 1.53. The van der Waals surface area contributed by atoms with Crippen LogP contribution in [-0.4, -0.2) is 25.0 Å². The van der Waals surface area contributed by atoms with Crippen LogP contribution in [0.2, 0.25) is 0 Å². The zero-order chi connectivity index (χ0) is 13.3. The van der Waals surface area contributed by atoms with Crippen LogP contribution >= 0.6 is 25.3 Å². The fraction of sp³-hybridized carbons (Fsp3) is 0.364. The first kappa shape index (κ1) is 13.2. The van der Waals surface area contributed by atoms with Crippen molar-refractivity contribution >= 4 is 36.3 Å². The van der Waals surface area contributed by atoms with Crippen molar-refractivity contribution in [3.8, 4) is 0 Å². The minimum atomic E-state index is -0.532. The van der Waals surface area contributed by atoms with Crippen molar-refractivity contribution in [1.82, 2.24) is 14.5 Å². The van der Waals surface area contributed by atoms with E-state index in [0.29, 0.717) is 16.8 Å². The highest BCUT2D eigenvalue weighted by Gasteiger charge is 2.20. The highest BCUT2D eigenvalue weighted by molar-refractivity contribution is 7.85. The number of hydrogen-bond donors (Lipinski definition) is 3. The van der Waals surface area contributed by atoms with Crippen LogP contribution in [0, 0.1) is 0 Å². The number of H-pyrrole nitrogens is 1. The molecule has 2 rings (SSSR count). The van der Waals surface area contributed by atoms with Gasteiger partial charge in [-0.1, -0.05) is 0 Å². The van der Waals surface area contributed by atoms with E-state index in [2.05, 4.69) is 35.2 Å². The molecule has 2 aromatic rings. The van der Waals surface area contributed by atoms with Crippen molar-refractivity contribution in [3.63, 3.8) is 0 Å². The molecule has 96 valence electrons. The Kier molecular flexibility index (Phi) is 3.54. The SMILES string of the molecule is CC(S)(CS)Cn1c(=O)[nH]c2ncccc2c1=O. The number of aromatic nitrogens is 3. The summed E-state index contributed by atoms with van der Waals surface area (Å²) in [5, 5.41) is 0.389. The molecule has 0 saturated carbocycles. The number of rotatable bonds is 3. The molecule has 0 aromatic carbocycles. The number of fused-ring (bicyclic) bond motifs is 1. The average molecular weight is 283 g/mol. The fourth-order valence-corrected chi connectivity index (χ4v) is 1.86. The Labute approximate surface area is 114 Å². The summed E-state index contributed by atoms with van der Waals surface area (Å²) >= 11 is 8.54. The van der Waals surface area contributed by atoms with E-state index in [1.165, 1.54) is 6.20 Å². The summed E-state index contributed by atoms with van der Waals surface area (Å²) in [5.41, 5.74) is -0.535. The second kappa shape index (κ2) is 4.81. The molecule has 5 nitrogen and oxygen atoms in total. The first-order chi connectivity index (χ1) is 8.44. The summed E-state index contributed by atoms with van der Waals surface area (Å²) in [4.78, 5) is 30.6. The van der Waals surface area contributed by atoms with Crippen molar-refractivity contribution in [3.05, 3.63) is 39.2 Å². The molecule has 0 aliphatic carbocycles. The Morgan fingerprint density at radius 1 is 1.50 bits per heavy atom. The normalized spacial score (nSPS) is 14.6. The van der Waals surface area contributed by atoms with Crippen LogP contribution in [0.15, 0.2) is 27.9 Å². The second-order valence-electron chi connectivity index (χ2n) is 4.38. The van der Waals surface area contributed by atoms with E-state index in [1.807, 2.05) is 6.92 Å². The lowest BCUT2D eigenvalue weighted by Gasteiger charge is -2.21. The van der Waals surface area contributed by atoms with E-state index in [1.54, 1.807) is 12.1 Å². The molecular weight excluding hydrogens is 270 g/mol. The van der Waals surface area contributed by atoms with Crippen molar-refractivity contribution in [2.75, 3.05) is 5.75 Å². The van der Waals surface area contributed by atoms with E-state index >= 15 is 0 Å². The van der Waals surface area contributed by atoms with E-state index < -0.39 is 10.4 Å². The molecule has 0 aliphatic rings. The number of thiol groups is 2. The highest BCUT2D eigenvalue weighted by atomic mass is 32.1. The molecule has 7 heteroatoms. The molecule has 0 fully saturated rings. The predicted molar refractivity (Wildman–Crippen MR) is 77.9 cm³/mol. The lowest BCUT2D eigenvalue weighted by Crippen LogP contribution is -2.41. The number of hydrogen-bond acceptors (Lipinski definition) is 5. The Morgan fingerprint density at radius 2 is 2.22 bits per heavy atom. The Morgan fingerprint density at radius 3 is 2.89 bits per heavy atom.